The Kier molecular flexibility index (Phi) is 3.94. The number of anilines is 2. The van der Waals surface area contributed by atoms with Crippen molar-refractivity contribution in [3.8, 4) is 6.07 Å². The van der Waals surface area contributed by atoms with Gasteiger partial charge in [0, 0.05) is 31.0 Å². The fourth-order valence-corrected chi connectivity index (χ4v) is 3.37. The number of aromatic nitrogens is 2. The molecule has 5 nitrogen and oxygen atoms in total. The van der Waals surface area contributed by atoms with Crippen molar-refractivity contribution in [2.75, 3.05) is 23.3 Å². The molecule has 0 radical (unpaired) electrons. The Balaban J connectivity index is 1.53. The van der Waals surface area contributed by atoms with E-state index in [1.807, 2.05) is 24.4 Å². The van der Waals surface area contributed by atoms with Gasteiger partial charge in [-0.1, -0.05) is 17.7 Å². The van der Waals surface area contributed by atoms with Crippen molar-refractivity contribution < 1.29 is 4.39 Å². The van der Waals surface area contributed by atoms with Gasteiger partial charge in [0.05, 0.1) is 5.02 Å². The van der Waals surface area contributed by atoms with Crippen LogP contribution in [0.4, 0.5) is 15.9 Å². The maximum Gasteiger partial charge on any atom is 0.168 e. The number of imidazole rings is 1. The zero-order chi connectivity index (χ0) is 17.4. The summed E-state index contributed by atoms with van der Waals surface area (Å²) in [6, 6.07) is 12.8. The molecule has 0 spiro atoms. The van der Waals surface area contributed by atoms with Gasteiger partial charge in [-0.25, -0.2) is 9.37 Å². The molecule has 0 amide bonds. The number of fused-ring (bicyclic) bond motifs is 1. The first kappa shape index (κ1) is 15.7. The van der Waals surface area contributed by atoms with Crippen molar-refractivity contribution in [3.05, 3.63) is 59.1 Å². The van der Waals surface area contributed by atoms with Crippen LogP contribution in [0, 0.1) is 17.1 Å². The summed E-state index contributed by atoms with van der Waals surface area (Å²) in [6.07, 6.45) is 2.72. The third-order valence-corrected chi connectivity index (χ3v) is 4.72. The number of benzene rings is 1. The van der Waals surface area contributed by atoms with Gasteiger partial charge in [-0.15, -0.1) is 0 Å². The molecule has 1 aliphatic rings. The molecule has 4 rings (SSSR count). The summed E-state index contributed by atoms with van der Waals surface area (Å²) in [4.78, 5) is 6.65. The second kappa shape index (κ2) is 6.26. The largest absolute Gasteiger partial charge is 0.369 e. The molecule has 1 aromatic carbocycles. The van der Waals surface area contributed by atoms with Gasteiger partial charge in [0.1, 0.15) is 17.5 Å². The van der Waals surface area contributed by atoms with Crippen LogP contribution in [0.5, 0.6) is 0 Å². The zero-order valence-electron chi connectivity index (χ0n) is 13.3. The Hall–Kier alpha value is -2.78. The second-order valence-electron chi connectivity index (χ2n) is 6.02. The Bertz CT molecular complexity index is 977. The average Bonchev–Trinajstić information content (AvgIpc) is 3.21. The summed E-state index contributed by atoms with van der Waals surface area (Å²) in [5.74, 6) is 0.181. The van der Waals surface area contributed by atoms with Gasteiger partial charge < -0.3 is 10.2 Å². The van der Waals surface area contributed by atoms with Crippen molar-refractivity contribution in [1.29, 1.82) is 5.26 Å². The average molecular weight is 356 g/mol. The Morgan fingerprint density at radius 1 is 1.32 bits per heavy atom. The molecule has 1 fully saturated rings. The fourth-order valence-electron chi connectivity index (χ4n) is 3.19. The van der Waals surface area contributed by atoms with E-state index in [-0.39, 0.29) is 11.1 Å². The highest BCUT2D eigenvalue weighted by molar-refractivity contribution is 6.31. The Morgan fingerprint density at radius 2 is 2.20 bits per heavy atom. The third-order valence-electron chi connectivity index (χ3n) is 4.43. The van der Waals surface area contributed by atoms with Crippen LogP contribution in [0.1, 0.15) is 12.1 Å². The molecule has 3 aromatic rings. The molecule has 0 aliphatic carbocycles. The minimum atomic E-state index is -0.414. The van der Waals surface area contributed by atoms with Crippen LogP contribution in [0.15, 0.2) is 42.6 Å². The molecule has 126 valence electrons. The van der Waals surface area contributed by atoms with E-state index in [0.29, 0.717) is 11.5 Å². The highest BCUT2D eigenvalue weighted by Gasteiger charge is 2.25. The molecule has 7 heteroatoms. The first-order valence-electron chi connectivity index (χ1n) is 7.99. The highest BCUT2D eigenvalue weighted by Crippen LogP contribution is 2.27. The van der Waals surface area contributed by atoms with E-state index >= 15 is 0 Å². The van der Waals surface area contributed by atoms with E-state index in [4.69, 9.17) is 11.6 Å². The molecular formula is C18H15ClFN5. The predicted molar refractivity (Wildman–Crippen MR) is 95.6 cm³/mol. The molecule has 1 aliphatic heterocycles. The van der Waals surface area contributed by atoms with Crippen molar-refractivity contribution in [2.45, 2.75) is 12.5 Å². The minimum Gasteiger partial charge on any atom is -0.369 e. The number of rotatable bonds is 3. The molecule has 0 saturated carbocycles. The van der Waals surface area contributed by atoms with Crippen LogP contribution in [0.2, 0.25) is 5.02 Å². The third kappa shape index (κ3) is 2.87. The Labute approximate surface area is 149 Å². The standard InChI is InChI=1S/C18H15ClFN5/c19-14-9-13(4-5-15(14)20)24-8-6-12(11-24)22-18-16(10-21)25-7-2-1-3-17(25)23-18/h1-5,7,9,12,22H,6,8,11H2. The predicted octanol–water partition coefficient (Wildman–Crippen LogP) is 3.69. The van der Waals surface area contributed by atoms with Crippen LogP contribution < -0.4 is 10.2 Å². The molecular weight excluding hydrogens is 341 g/mol. The maximum absolute atomic E-state index is 13.3. The molecule has 25 heavy (non-hydrogen) atoms. The number of hydrogen-bond acceptors (Lipinski definition) is 4. The van der Waals surface area contributed by atoms with E-state index in [2.05, 4.69) is 21.3 Å². The molecule has 0 bridgehead atoms. The first-order chi connectivity index (χ1) is 12.2. The van der Waals surface area contributed by atoms with E-state index in [1.165, 1.54) is 6.07 Å². The van der Waals surface area contributed by atoms with E-state index in [9.17, 15) is 9.65 Å². The van der Waals surface area contributed by atoms with Gasteiger partial charge in [-0.05, 0) is 36.8 Å². The number of halogens is 2. The monoisotopic (exact) mass is 355 g/mol. The van der Waals surface area contributed by atoms with Crippen LogP contribution in [-0.2, 0) is 0 Å². The summed E-state index contributed by atoms with van der Waals surface area (Å²) < 4.78 is 15.1. The van der Waals surface area contributed by atoms with Crippen LogP contribution in [0.3, 0.4) is 0 Å². The first-order valence-corrected chi connectivity index (χ1v) is 8.37. The summed E-state index contributed by atoms with van der Waals surface area (Å²) in [5, 5.41) is 13.0. The van der Waals surface area contributed by atoms with Crippen molar-refractivity contribution >= 4 is 28.8 Å². The molecule has 2 aromatic heterocycles. The lowest BCUT2D eigenvalue weighted by Crippen LogP contribution is -2.26. The zero-order valence-corrected chi connectivity index (χ0v) is 14.0. The molecule has 1 atom stereocenters. The SMILES string of the molecule is N#Cc1c(NC2CCN(c3ccc(F)c(Cl)c3)C2)nc2ccccn12. The van der Waals surface area contributed by atoms with Gasteiger partial charge in [0.15, 0.2) is 11.5 Å². The molecule has 1 saturated heterocycles. The van der Waals surface area contributed by atoms with Crippen LogP contribution in [0.25, 0.3) is 5.65 Å². The summed E-state index contributed by atoms with van der Waals surface area (Å²) in [5.41, 5.74) is 2.13. The second-order valence-corrected chi connectivity index (χ2v) is 6.43. The quantitative estimate of drug-likeness (QED) is 0.778. The van der Waals surface area contributed by atoms with Gasteiger partial charge in [0.2, 0.25) is 0 Å². The fraction of sp³-hybridized carbons (Fsp3) is 0.222. The van der Waals surface area contributed by atoms with Crippen LogP contribution >= 0.6 is 11.6 Å². The lowest BCUT2D eigenvalue weighted by Gasteiger charge is -2.19. The summed E-state index contributed by atoms with van der Waals surface area (Å²) >= 11 is 5.88. The lowest BCUT2D eigenvalue weighted by atomic mass is 10.2. The topological polar surface area (TPSA) is 56.4 Å². The van der Waals surface area contributed by atoms with Gasteiger partial charge in [0.25, 0.3) is 0 Å². The highest BCUT2D eigenvalue weighted by atomic mass is 35.5. The number of pyridine rings is 1. The number of nitriles is 1. The van der Waals surface area contributed by atoms with Crippen molar-refractivity contribution in [3.63, 3.8) is 0 Å². The molecule has 3 heterocycles. The number of hydrogen-bond donors (Lipinski definition) is 1. The lowest BCUT2D eigenvalue weighted by molar-refractivity contribution is 0.628. The number of nitrogens with zero attached hydrogens (tertiary/aromatic N) is 4. The van der Waals surface area contributed by atoms with E-state index < -0.39 is 5.82 Å². The van der Waals surface area contributed by atoms with Crippen LogP contribution in [-0.4, -0.2) is 28.5 Å². The van der Waals surface area contributed by atoms with E-state index in [1.54, 1.807) is 16.5 Å². The molecule has 1 unspecified atom stereocenters. The summed E-state index contributed by atoms with van der Waals surface area (Å²) in [6.45, 7) is 1.57. The van der Waals surface area contributed by atoms with Crippen molar-refractivity contribution in [2.24, 2.45) is 0 Å². The smallest absolute Gasteiger partial charge is 0.168 e. The number of nitrogens with one attached hydrogen (secondary N) is 1. The van der Waals surface area contributed by atoms with Crippen molar-refractivity contribution in [1.82, 2.24) is 9.38 Å². The maximum atomic E-state index is 13.3. The van der Waals surface area contributed by atoms with Gasteiger partial charge in [-0.2, -0.15) is 5.26 Å². The van der Waals surface area contributed by atoms with E-state index in [0.717, 1.165) is 30.8 Å². The summed E-state index contributed by atoms with van der Waals surface area (Å²) in [7, 11) is 0. The normalized spacial score (nSPS) is 17.0. The Morgan fingerprint density at radius 3 is 3.00 bits per heavy atom. The minimum absolute atomic E-state index is 0.126. The van der Waals surface area contributed by atoms with Gasteiger partial charge >= 0.3 is 0 Å². The molecule has 1 N–H and O–H groups in total. The van der Waals surface area contributed by atoms with Gasteiger partial charge in [-0.3, -0.25) is 4.40 Å².